The van der Waals surface area contributed by atoms with Crippen LogP contribution in [-0.4, -0.2) is 46.4 Å². The maximum absolute atomic E-state index is 12.5. The molecule has 1 amide bonds. The molecule has 7 nitrogen and oxygen atoms in total. The molecule has 1 unspecified atom stereocenters. The minimum absolute atomic E-state index is 0.0697. The zero-order chi connectivity index (χ0) is 24.3. The highest BCUT2D eigenvalue weighted by atomic mass is 32.2. The fourth-order valence-corrected chi connectivity index (χ4v) is 4.01. The number of carbonyl (C=O) groups is 1. The van der Waals surface area contributed by atoms with Gasteiger partial charge in [0.25, 0.3) is 0 Å². The van der Waals surface area contributed by atoms with E-state index in [0.29, 0.717) is 31.1 Å². The average molecular weight is 475 g/mol. The molecule has 0 aliphatic carbocycles. The van der Waals surface area contributed by atoms with Crippen LogP contribution < -0.4 is 19.5 Å². The Morgan fingerprint density at radius 3 is 2.45 bits per heavy atom. The molecule has 0 saturated carbocycles. The smallest absolute Gasteiger partial charge is 0.238 e. The molecule has 0 aliphatic heterocycles. The van der Waals surface area contributed by atoms with Crippen LogP contribution in [0, 0.1) is 5.92 Å². The van der Waals surface area contributed by atoms with E-state index in [2.05, 4.69) is 10.0 Å². The van der Waals surface area contributed by atoms with Crippen molar-refractivity contribution in [2.24, 2.45) is 5.92 Å². The summed E-state index contributed by atoms with van der Waals surface area (Å²) in [6, 6.07) is 14.8. The minimum atomic E-state index is -3.47. The maximum atomic E-state index is 12.5. The molecule has 2 N–H and O–H groups in total. The van der Waals surface area contributed by atoms with Crippen molar-refractivity contribution in [1.29, 1.82) is 0 Å². The minimum Gasteiger partial charge on any atom is -0.493 e. The van der Waals surface area contributed by atoms with Crippen molar-refractivity contribution in [3.05, 3.63) is 65.7 Å². The van der Waals surface area contributed by atoms with Gasteiger partial charge in [-0.05, 0) is 48.6 Å². The largest absolute Gasteiger partial charge is 0.493 e. The third-order valence-electron chi connectivity index (χ3n) is 5.02. The molecule has 1 atom stereocenters. The topological polar surface area (TPSA) is 93.7 Å². The summed E-state index contributed by atoms with van der Waals surface area (Å²) < 4.78 is 37.5. The highest BCUT2D eigenvalue weighted by Crippen LogP contribution is 2.28. The van der Waals surface area contributed by atoms with Gasteiger partial charge in [0.15, 0.2) is 11.5 Å². The van der Waals surface area contributed by atoms with Gasteiger partial charge in [-0.25, -0.2) is 13.1 Å². The molecule has 180 valence electrons. The van der Waals surface area contributed by atoms with Crippen LogP contribution in [0.2, 0.25) is 0 Å². The first-order valence-electron chi connectivity index (χ1n) is 11.0. The van der Waals surface area contributed by atoms with Gasteiger partial charge in [-0.15, -0.1) is 0 Å². The Balaban J connectivity index is 1.89. The molecule has 0 aliphatic rings. The van der Waals surface area contributed by atoms with Crippen LogP contribution in [0.1, 0.15) is 31.9 Å². The van der Waals surface area contributed by atoms with Crippen molar-refractivity contribution >= 4 is 22.0 Å². The van der Waals surface area contributed by atoms with E-state index in [1.807, 2.05) is 60.7 Å². The van der Waals surface area contributed by atoms with Gasteiger partial charge in [0.2, 0.25) is 15.9 Å². The van der Waals surface area contributed by atoms with Crippen LogP contribution in [0.5, 0.6) is 11.5 Å². The SMILES string of the molecule is CCS(=O)(=O)NC(C(=O)NCCc1ccc(OCC=Cc2ccccc2)c(OC)c1)C(C)C. The second kappa shape index (κ2) is 13.0. The summed E-state index contributed by atoms with van der Waals surface area (Å²) in [5.41, 5.74) is 2.07. The van der Waals surface area contributed by atoms with E-state index in [4.69, 9.17) is 9.47 Å². The van der Waals surface area contributed by atoms with Gasteiger partial charge in [-0.2, -0.15) is 0 Å². The number of methoxy groups -OCH3 is 1. The van der Waals surface area contributed by atoms with Gasteiger partial charge in [0, 0.05) is 6.54 Å². The standard InChI is InChI=1S/C25H34N2O5S/c1-5-33(29,30)27-24(19(2)3)25(28)26-16-15-21-13-14-22(23(18-21)31-4)32-17-9-12-20-10-7-6-8-11-20/h6-14,18-19,24,27H,5,15-17H2,1-4H3,(H,26,28). The van der Waals surface area contributed by atoms with Gasteiger partial charge < -0.3 is 14.8 Å². The Hall–Kier alpha value is -2.84. The van der Waals surface area contributed by atoms with Gasteiger partial charge in [0.1, 0.15) is 12.6 Å². The van der Waals surface area contributed by atoms with Crippen molar-refractivity contribution in [1.82, 2.24) is 10.0 Å². The van der Waals surface area contributed by atoms with Crippen LogP contribution in [-0.2, 0) is 21.2 Å². The maximum Gasteiger partial charge on any atom is 0.238 e. The van der Waals surface area contributed by atoms with Crippen LogP contribution in [0.25, 0.3) is 6.08 Å². The van der Waals surface area contributed by atoms with Crippen molar-refractivity contribution in [2.45, 2.75) is 33.2 Å². The van der Waals surface area contributed by atoms with E-state index in [9.17, 15) is 13.2 Å². The molecule has 0 aromatic heterocycles. The summed E-state index contributed by atoms with van der Waals surface area (Å²) in [6.07, 6.45) is 4.51. The lowest BCUT2D eigenvalue weighted by molar-refractivity contribution is -0.123. The van der Waals surface area contributed by atoms with Crippen molar-refractivity contribution in [3.63, 3.8) is 0 Å². The van der Waals surface area contributed by atoms with E-state index in [1.165, 1.54) is 6.92 Å². The first-order chi connectivity index (χ1) is 15.8. The Morgan fingerprint density at radius 2 is 1.82 bits per heavy atom. The number of sulfonamides is 1. The van der Waals surface area contributed by atoms with Gasteiger partial charge in [-0.1, -0.05) is 56.3 Å². The van der Waals surface area contributed by atoms with E-state index < -0.39 is 16.1 Å². The fraction of sp³-hybridized carbons (Fsp3) is 0.400. The predicted octanol–water partition coefficient (Wildman–Crippen LogP) is 3.41. The number of rotatable bonds is 13. The lowest BCUT2D eigenvalue weighted by Gasteiger charge is -2.21. The van der Waals surface area contributed by atoms with Crippen LogP contribution in [0.3, 0.4) is 0 Å². The first kappa shape index (κ1) is 26.4. The molecular weight excluding hydrogens is 440 g/mol. The number of benzene rings is 2. The molecule has 0 saturated heterocycles. The Kier molecular flexibility index (Phi) is 10.4. The summed E-state index contributed by atoms with van der Waals surface area (Å²) in [7, 11) is -1.89. The summed E-state index contributed by atoms with van der Waals surface area (Å²) in [6.45, 7) is 5.93. The molecule has 2 aromatic rings. The molecule has 0 spiro atoms. The summed E-state index contributed by atoms with van der Waals surface area (Å²) in [4.78, 5) is 12.5. The second-order valence-electron chi connectivity index (χ2n) is 7.89. The van der Waals surface area contributed by atoms with E-state index in [0.717, 1.165) is 11.1 Å². The predicted molar refractivity (Wildman–Crippen MR) is 132 cm³/mol. The average Bonchev–Trinajstić information content (AvgIpc) is 2.81. The molecule has 0 fully saturated rings. The van der Waals surface area contributed by atoms with E-state index >= 15 is 0 Å². The third kappa shape index (κ3) is 8.90. The lowest BCUT2D eigenvalue weighted by atomic mass is 10.0. The molecule has 0 radical (unpaired) electrons. The molecule has 0 bridgehead atoms. The number of amides is 1. The second-order valence-corrected chi connectivity index (χ2v) is 9.94. The van der Waals surface area contributed by atoms with Gasteiger partial charge >= 0.3 is 0 Å². The fourth-order valence-electron chi connectivity index (χ4n) is 3.08. The van der Waals surface area contributed by atoms with Crippen molar-refractivity contribution in [3.8, 4) is 11.5 Å². The zero-order valence-corrected chi connectivity index (χ0v) is 20.5. The normalized spacial score (nSPS) is 12.6. The molecule has 2 aromatic carbocycles. The van der Waals surface area contributed by atoms with Gasteiger partial charge in [-0.3, -0.25) is 4.79 Å². The zero-order valence-electron chi connectivity index (χ0n) is 19.7. The summed E-state index contributed by atoms with van der Waals surface area (Å²) in [5.74, 6) is 0.678. The monoisotopic (exact) mass is 474 g/mol. The number of carbonyl (C=O) groups excluding carboxylic acids is 1. The molecule has 2 rings (SSSR count). The van der Waals surface area contributed by atoms with Crippen LogP contribution >= 0.6 is 0 Å². The molecule has 8 heteroatoms. The van der Waals surface area contributed by atoms with Crippen LogP contribution in [0.15, 0.2) is 54.6 Å². The van der Waals surface area contributed by atoms with Gasteiger partial charge in [0.05, 0.1) is 12.9 Å². The molecule has 0 heterocycles. The van der Waals surface area contributed by atoms with E-state index in [-0.39, 0.29) is 17.6 Å². The van der Waals surface area contributed by atoms with Crippen LogP contribution in [0.4, 0.5) is 0 Å². The number of nitrogens with one attached hydrogen (secondary N) is 2. The number of hydrogen-bond acceptors (Lipinski definition) is 5. The highest BCUT2D eigenvalue weighted by molar-refractivity contribution is 7.89. The molecular formula is C25H34N2O5S. The summed E-state index contributed by atoms with van der Waals surface area (Å²) >= 11 is 0. The van der Waals surface area contributed by atoms with Crippen molar-refractivity contribution in [2.75, 3.05) is 26.0 Å². The van der Waals surface area contributed by atoms with E-state index in [1.54, 1.807) is 21.0 Å². The quantitative estimate of drug-likeness (QED) is 0.464. The highest BCUT2D eigenvalue weighted by Gasteiger charge is 2.26. The third-order valence-corrected chi connectivity index (χ3v) is 6.39. The Bertz CT molecular complexity index is 1020. The molecule has 33 heavy (non-hydrogen) atoms. The van der Waals surface area contributed by atoms with Crippen molar-refractivity contribution < 1.29 is 22.7 Å². The summed E-state index contributed by atoms with van der Waals surface area (Å²) in [5, 5.41) is 2.82. The number of hydrogen-bond donors (Lipinski definition) is 2. The Morgan fingerprint density at radius 1 is 1.09 bits per heavy atom. The Labute approximate surface area is 197 Å². The lowest BCUT2D eigenvalue weighted by Crippen LogP contribution is -2.50. The number of ether oxygens (including phenoxy) is 2. The first-order valence-corrected chi connectivity index (χ1v) is 12.7.